The van der Waals surface area contributed by atoms with Gasteiger partial charge in [0.05, 0.1) is 5.36 Å². The summed E-state index contributed by atoms with van der Waals surface area (Å²) in [5.41, 5.74) is 2.40. The maximum Gasteiger partial charge on any atom is 0.329 e. The Labute approximate surface area is 75.2 Å². The molecule has 1 heterocycles. The maximum atomic E-state index is 10.0. The van der Waals surface area contributed by atoms with Crippen LogP contribution in [0, 0.1) is 0 Å². The van der Waals surface area contributed by atoms with Crippen molar-refractivity contribution in [3.05, 3.63) is 34.8 Å². The summed E-state index contributed by atoms with van der Waals surface area (Å²) < 4.78 is 0. The molecule has 1 aromatic rings. The molecule has 0 spiro atoms. The van der Waals surface area contributed by atoms with Gasteiger partial charge in [0.2, 0.25) is 0 Å². The first-order valence-electron chi connectivity index (χ1n) is 3.91. The zero-order chi connectivity index (χ0) is 9.10. The second kappa shape index (κ2) is 3.26. The molecule has 0 atom stereocenters. The van der Waals surface area contributed by atoms with E-state index < -0.39 is 0 Å². The van der Waals surface area contributed by atoms with E-state index in [4.69, 9.17) is 0 Å². The average molecular weight is 174 g/mol. The van der Waals surface area contributed by atoms with Gasteiger partial charge in [-0.3, -0.25) is 20.2 Å². The Bertz CT molecular complexity index is 427. The van der Waals surface area contributed by atoms with Crippen molar-refractivity contribution in [2.24, 2.45) is 4.99 Å². The van der Waals surface area contributed by atoms with Crippen LogP contribution in [0.2, 0.25) is 0 Å². The number of para-hydroxylation sites is 1. The smallest absolute Gasteiger partial charge is 0.270 e. The lowest BCUT2D eigenvalue weighted by Crippen LogP contribution is -2.41. The molecule has 0 unspecified atom stereocenters. The van der Waals surface area contributed by atoms with Gasteiger partial charge in [0, 0.05) is 11.4 Å². The number of benzene rings is 1. The Morgan fingerprint density at radius 2 is 2.31 bits per heavy atom. The summed E-state index contributed by atoms with van der Waals surface area (Å²) in [6, 6.07) is 7.75. The standard InChI is InChI=1S/C9H8N3O/c13-7-11-12-5-8-3-1-2-4-9(8)10-6-12/h1-5H,6H2,(H,11,13). The summed E-state index contributed by atoms with van der Waals surface area (Å²) in [7, 11) is 0. The summed E-state index contributed by atoms with van der Waals surface area (Å²) in [4.78, 5) is 14.3. The van der Waals surface area contributed by atoms with E-state index in [1.807, 2.05) is 30.5 Å². The highest BCUT2D eigenvalue weighted by Gasteiger charge is 2.00. The van der Waals surface area contributed by atoms with Gasteiger partial charge in [-0.25, -0.2) is 0 Å². The number of nitrogens with zero attached hydrogens (tertiary/aromatic N) is 2. The van der Waals surface area contributed by atoms with E-state index >= 15 is 0 Å². The van der Waals surface area contributed by atoms with Gasteiger partial charge in [0.25, 0.3) is 0 Å². The number of fused-ring (bicyclic) bond motifs is 1. The first-order chi connectivity index (χ1) is 6.40. The average Bonchev–Trinajstić information content (AvgIpc) is 2.18. The molecule has 1 aliphatic rings. The van der Waals surface area contributed by atoms with Crippen LogP contribution in [0.5, 0.6) is 0 Å². The molecule has 0 fully saturated rings. The van der Waals surface area contributed by atoms with E-state index in [9.17, 15) is 4.79 Å². The summed E-state index contributed by atoms with van der Waals surface area (Å²) >= 11 is 0. The highest BCUT2D eigenvalue weighted by Crippen LogP contribution is 1.86. The van der Waals surface area contributed by atoms with Crippen molar-refractivity contribution in [2.45, 2.75) is 0 Å². The van der Waals surface area contributed by atoms with Gasteiger partial charge in [-0.2, -0.15) is 0 Å². The van der Waals surface area contributed by atoms with Crippen LogP contribution in [0.15, 0.2) is 29.3 Å². The summed E-state index contributed by atoms with van der Waals surface area (Å²) in [6.45, 7) is 0.437. The fourth-order valence-electron chi connectivity index (χ4n) is 1.23. The Balaban J connectivity index is 2.43. The predicted octanol–water partition coefficient (Wildman–Crippen LogP) is -1.11. The van der Waals surface area contributed by atoms with E-state index in [1.54, 1.807) is 11.4 Å². The zero-order valence-corrected chi connectivity index (χ0v) is 6.90. The Morgan fingerprint density at radius 3 is 3.15 bits per heavy atom. The molecule has 1 aromatic carbocycles. The largest absolute Gasteiger partial charge is 0.329 e. The number of hydrazine groups is 1. The fourth-order valence-corrected chi connectivity index (χ4v) is 1.23. The van der Waals surface area contributed by atoms with Crippen LogP contribution in [-0.2, 0) is 4.79 Å². The van der Waals surface area contributed by atoms with Gasteiger partial charge < -0.3 is 0 Å². The van der Waals surface area contributed by atoms with Crippen LogP contribution in [0.25, 0.3) is 6.20 Å². The zero-order valence-electron chi connectivity index (χ0n) is 6.90. The van der Waals surface area contributed by atoms with Crippen molar-refractivity contribution in [1.82, 2.24) is 10.4 Å². The van der Waals surface area contributed by atoms with Crippen LogP contribution >= 0.6 is 0 Å². The lowest BCUT2D eigenvalue weighted by Gasteiger charge is -2.17. The van der Waals surface area contributed by atoms with Crippen LogP contribution < -0.4 is 16.0 Å². The topological polar surface area (TPSA) is 44.7 Å². The number of hydrogen-bond donors (Lipinski definition) is 1. The Hall–Kier alpha value is -1.84. The van der Waals surface area contributed by atoms with Gasteiger partial charge >= 0.3 is 6.41 Å². The molecule has 1 amide bonds. The number of nitrogens with one attached hydrogen (secondary N) is 1. The van der Waals surface area contributed by atoms with Crippen molar-refractivity contribution in [3.8, 4) is 0 Å². The van der Waals surface area contributed by atoms with E-state index in [2.05, 4.69) is 10.4 Å². The van der Waals surface area contributed by atoms with Crippen molar-refractivity contribution in [1.29, 1.82) is 0 Å². The normalized spacial score (nSPS) is 13.7. The second-order valence-electron chi connectivity index (χ2n) is 2.67. The second-order valence-corrected chi connectivity index (χ2v) is 2.67. The van der Waals surface area contributed by atoms with E-state index in [0.717, 1.165) is 10.6 Å². The third-order valence-electron chi connectivity index (χ3n) is 1.81. The molecule has 4 nitrogen and oxygen atoms in total. The highest BCUT2D eigenvalue weighted by atomic mass is 16.1. The molecule has 0 saturated heterocycles. The highest BCUT2D eigenvalue weighted by molar-refractivity contribution is 5.47. The Morgan fingerprint density at radius 1 is 1.46 bits per heavy atom. The molecule has 0 aromatic heterocycles. The maximum absolute atomic E-state index is 10.0. The van der Waals surface area contributed by atoms with Gasteiger partial charge in [0.15, 0.2) is 0 Å². The minimum Gasteiger partial charge on any atom is -0.270 e. The van der Waals surface area contributed by atoms with Gasteiger partial charge in [-0.05, 0) is 6.07 Å². The van der Waals surface area contributed by atoms with Crippen molar-refractivity contribution in [3.63, 3.8) is 0 Å². The molecular formula is C9H8N3O. The van der Waals surface area contributed by atoms with Crippen molar-refractivity contribution < 1.29 is 4.79 Å². The lowest BCUT2D eigenvalue weighted by molar-refractivity contribution is 0.356. The SMILES string of the molecule is O=[C]NN1C=c2ccccc2=NC1. The van der Waals surface area contributed by atoms with Crippen molar-refractivity contribution in [2.75, 3.05) is 6.67 Å². The third kappa shape index (κ3) is 1.51. The van der Waals surface area contributed by atoms with E-state index in [-0.39, 0.29) is 0 Å². The summed E-state index contributed by atoms with van der Waals surface area (Å²) in [6.07, 6.45) is 3.43. The molecular weight excluding hydrogens is 166 g/mol. The number of amides is 1. The van der Waals surface area contributed by atoms with Gasteiger partial charge in [-0.15, -0.1) is 0 Å². The lowest BCUT2D eigenvalue weighted by atomic mass is 10.3. The van der Waals surface area contributed by atoms with E-state index in [1.165, 1.54) is 0 Å². The number of hydrogen-bond acceptors (Lipinski definition) is 3. The Kier molecular flexibility index (Phi) is 1.96. The molecule has 65 valence electrons. The summed E-state index contributed by atoms with van der Waals surface area (Å²) in [5, 5.41) is 3.53. The molecule has 1 aliphatic heterocycles. The molecule has 2 rings (SSSR count). The minimum absolute atomic E-state index is 0.437. The predicted molar refractivity (Wildman–Crippen MR) is 47.2 cm³/mol. The van der Waals surface area contributed by atoms with Crippen LogP contribution in [0.3, 0.4) is 0 Å². The quantitative estimate of drug-likeness (QED) is 0.578. The molecule has 0 bridgehead atoms. The minimum atomic E-state index is 0.437. The van der Waals surface area contributed by atoms with Crippen LogP contribution in [-0.4, -0.2) is 18.1 Å². The van der Waals surface area contributed by atoms with Crippen LogP contribution in [0.4, 0.5) is 0 Å². The van der Waals surface area contributed by atoms with Crippen LogP contribution in [0.1, 0.15) is 0 Å². The van der Waals surface area contributed by atoms with Gasteiger partial charge in [0.1, 0.15) is 6.67 Å². The van der Waals surface area contributed by atoms with E-state index in [0.29, 0.717) is 6.67 Å². The monoisotopic (exact) mass is 174 g/mol. The first kappa shape index (κ1) is 7.79. The molecule has 1 radical (unpaired) electrons. The van der Waals surface area contributed by atoms with Crippen molar-refractivity contribution >= 4 is 12.6 Å². The molecule has 13 heavy (non-hydrogen) atoms. The van der Waals surface area contributed by atoms with Gasteiger partial charge in [-0.1, -0.05) is 18.2 Å². The third-order valence-corrected chi connectivity index (χ3v) is 1.81. The fraction of sp³-hybridized carbons (Fsp3) is 0.111. The number of rotatable bonds is 2. The molecule has 1 N–H and O–H groups in total. The number of carbonyl (C=O) groups excluding carboxylic acids is 1. The molecule has 0 aliphatic carbocycles. The first-order valence-corrected chi connectivity index (χ1v) is 3.91. The molecule has 0 saturated carbocycles. The molecule has 4 heteroatoms. The summed E-state index contributed by atoms with van der Waals surface area (Å²) in [5.74, 6) is 0.